The number of nitriles is 1. The average molecular weight is 324 g/mol. The fourth-order valence-electron chi connectivity index (χ4n) is 1.86. The predicted octanol–water partition coefficient (Wildman–Crippen LogP) is 2.67. The molecule has 2 aromatic rings. The Kier molecular flexibility index (Phi) is 4.73. The molecule has 0 amide bonds. The lowest BCUT2D eigenvalue weighted by molar-refractivity contribution is 0.561. The fraction of sp³-hybridized carbons (Fsp3) is 0.214. The molecule has 1 unspecified atom stereocenters. The van der Waals surface area contributed by atoms with Crippen molar-refractivity contribution in [3.05, 3.63) is 52.7 Å². The van der Waals surface area contributed by atoms with E-state index < -0.39 is 10.0 Å². The molecule has 0 saturated heterocycles. The van der Waals surface area contributed by atoms with Crippen molar-refractivity contribution in [2.45, 2.75) is 23.6 Å². The quantitative estimate of drug-likeness (QED) is 0.919. The lowest BCUT2D eigenvalue weighted by atomic mass is 10.1. The van der Waals surface area contributed by atoms with Crippen LogP contribution in [0.1, 0.15) is 17.4 Å². The lowest BCUT2D eigenvalue weighted by Crippen LogP contribution is -2.33. The molecule has 0 spiro atoms. The first-order chi connectivity index (χ1) is 9.90. The van der Waals surface area contributed by atoms with Crippen LogP contribution in [0.2, 0.25) is 0 Å². The van der Waals surface area contributed by atoms with Gasteiger partial charge in [-0.1, -0.05) is 12.1 Å². The van der Waals surface area contributed by atoms with E-state index in [1.54, 1.807) is 19.1 Å². The minimum absolute atomic E-state index is 0.116. The largest absolute Gasteiger partial charge is 0.250 e. The zero-order valence-electron chi connectivity index (χ0n) is 11.2. The second kappa shape index (κ2) is 6.35. The summed E-state index contributed by atoms with van der Waals surface area (Å²) in [6.07, 6.45) is 0.454. The Bertz CT molecular complexity index is 761. The third kappa shape index (κ3) is 4.11. The monoisotopic (exact) mass is 324 g/mol. The zero-order chi connectivity index (χ0) is 15.5. The Balaban J connectivity index is 2.06. The molecule has 21 heavy (non-hydrogen) atoms. The van der Waals surface area contributed by atoms with Crippen LogP contribution in [0, 0.1) is 17.1 Å². The smallest absolute Gasteiger partial charge is 0.207 e. The molecular weight excluding hydrogens is 311 g/mol. The van der Waals surface area contributed by atoms with Crippen molar-refractivity contribution in [2.24, 2.45) is 0 Å². The van der Waals surface area contributed by atoms with Crippen LogP contribution in [0.3, 0.4) is 0 Å². The Labute approximate surface area is 126 Å². The Morgan fingerprint density at radius 3 is 2.52 bits per heavy atom. The summed E-state index contributed by atoms with van der Waals surface area (Å²) in [6.45, 7) is 1.74. The van der Waals surface area contributed by atoms with Crippen LogP contribution in [-0.2, 0) is 16.4 Å². The van der Waals surface area contributed by atoms with Crippen LogP contribution in [0.25, 0.3) is 0 Å². The maximum Gasteiger partial charge on any atom is 0.250 e. The number of hydrogen-bond donors (Lipinski definition) is 1. The van der Waals surface area contributed by atoms with Gasteiger partial charge in [0.2, 0.25) is 10.0 Å². The molecule has 4 nitrogen and oxygen atoms in total. The van der Waals surface area contributed by atoms with E-state index in [1.807, 2.05) is 6.07 Å². The van der Waals surface area contributed by atoms with E-state index in [0.29, 0.717) is 11.3 Å². The summed E-state index contributed by atoms with van der Waals surface area (Å²) in [7, 11) is -3.63. The Hall–Kier alpha value is -1.75. The van der Waals surface area contributed by atoms with E-state index in [-0.39, 0.29) is 16.1 Å². The summed E-state index contributed by atoms with van der Waals surface area (Å²) in [5.74, 6) is -0.324. The van der Waals surface area contributed by atoms with Crippen LogP contribution in [0.5, 0.6) is 0 Å². The summed E-state index contributed by atoms with van der Waals surface area (Å²) >= 11 is 0.929. The maximum absolute atomic E-state index is 12.8. The van der Waals surface area contributed by atoms with Gasteiger partial charge in [-0.25, -0.2) is 17.5 Å². The van der Waals surface area contributed by atoms with Gasteiger partial charge in [0.05, 0.1) is 0 Å². The minimum Gasteiger partial charge on any atom is -0.207 e. The van der Waals surface area contributed by atoms with Crippen molar-refractivity contribution in [1.29, 1.82) is 5.26 Å². The third-order valence-corrected chi connectivity index (χ3v) is 5.84. The highest BCUT2D eigenvalue weighted by atomic mass is 32.2. The van der Waals surface area contributed by atoms with Gasteiger partial charge in [0, 0.05) is 6.04 Å². The number of hydrogen-bond acceptors (Lipinski definition) is 4. The van der Waals surface area contributed by atoms with Crippen molar-refractivity contribution in [3.8, 4) is 6.07 Å². The average Bonchev–Trinajstić information content (AvgIpc) is 2.90. The number of halogens is 1. The van der Waals surface area contributed by atoms with Gasteiger partial charge in [0.15, 0.2) is 0 Å². The Morgan fingerprint density at radius 1 is 1.29 bits per heavy atom. The van der Waals surface area contributed by atoms with E-state index in [0.717, 1.165) is 16.9 Å². The van der Waals surface area contributed by atoms with E-state index in [4.69, 9.17) is 5.26 Å². The number of rotatable bonds is 5. The van der Waals surface area contributed by atoms with Crippen LogP contribution >= 0.6 is 11.3 Å². The first kappa shape index (κ1) is 15.6. The molecule has 0 aliphatic heterocycles. The van der Waals surface area contributed by atoms with Crippen molar-refractivity contribution < 1.29 is 12.8 Å². The second-order valence-corrected chi connectivity index (χ2v) is 7.61. The molecule has 0 radical (unpaired) electrons. The maximum atomic E-state index is 12.8. The molecule has 0 bridgehead atoms. The van der Waals surface area contributed by atoms with E-state index in [2.05, 4.69) is 4.72 Å². The van der Waals surface area contributed by atoms with Crippen LogP contribution in [0.4, 0.5) is 4.39 Å². The molecule has 0 saturated carbocycles. The number of nitrogens with one attached hydrogen (secondary N) is 1. The molecule has 0 fully saturated rings. The molecule has 1 aromatic carbocycles. The van der Waals surface area contributed by atoms with Gasteiger partial charge in [0.1, 0.15) is 21.0 Å². The van der Waals surface area contributed by atoms with Crippen molar-refractivity contribution in [3.63, 3.8) is 0 Å². The number of benzene rings is 1. The molecular formula is C14H13FN2O2S2. The molecule has 1 atom stereocenters. The van der Waals surface area contributed by atoms with E-state index >= 15 is 0 Å². The normalized spacial score (nSPS) is 12.8. The molecule has 0 aliphatic carbocycles. The van der Waals surface area contributed by atoms with Gasteiger partial charge in [-0.05, 0) is 43.2 Å². The molecule has 0 aliphatic rings. The molecule has 1 N–H and O–H groups in total. The summed E-state index contributed by atoms with van der Waals surface area (Å²) < 4.78 is 39.8. The number of thiophene rings is 1. The van der Waals surface area contributed by atoms with Gasteiger partial charge in [-0.15, -0.1) is 11.3 Å². The first-order valence-electron chi connectivity index (χ1n) is 6.17. The van der Waals surface area contributed by atoms with Gasteiger partial charge < -0.3 is 0 Å². The highest BCUT2D eigenvalue weighted by molar-refractivity contribution is 7.91. The predicted molar refractivity (Wildman–Crippen MR) is 78.9 cm³/mol. The molecule has 7 heteroatoms. The van der Waals surface area contributed by atoms with Crippen molar-refractivity contribution >= 4 is 21.4 Å². The standard InChI is InChI=1S/C14H13FN2O2S2/c1-10(8-11-2-4-12(15)5-3-11)17-21(18,19)14-7-6-13(9-16)20-14/h2-7,10,17H,8H2,1H3. The summed E-state index contributed by atoms with van der Waals surface area (Å²) in [4.78, 5) is 0.349. The van der Waals surface area contributed by atoms with Crippen molar-refractivity contribution in [2.75, 3.05) is 0 Å². The van der Waals surface area contributed by atoms with E-state index in [9.17, 15) is 12.8 Å². The first-order valence-corrected chi connectivity index (χ1v) is 8.47. The highest BCUT2D eigenvalue weighted by Crippen LogP contribution is 2.21. The second-order valence-electron chi connectivity index (χ2n) is 4.58. The van der Waals surface area contributed by atoms with Crippen LogP contribution in [-0.4, -0.2) is 14.5 Å². The van der Waals surface area contributed by atoms with Gasteiger partial charge in [-0.2, -0.15) is 5.26 Å². The third-order valence-electron chi connectivity index (χ3n) is 2.77. The van der Waals surface area contributed by atoms with E-state index in [1.165, 1.54) is 24.3 Å². The van der Waals surface area contributed by atoms with Gasteiger partial charge in [-0.3, -0.25) is 0 Å². The highest BCUT2D eigenvalue weighted by Gasteiger charge is 2.19. The zero-order valence-corrected chi connectivity index (χ0v) is 12.8. The lowest BCUT2D eigenvalue weighted by Gasteiger charge is -2.13. The molecule has 110 valence electrons. The van der Waals surface area contributed by atoms with Crippen molar-refractivity contribution in [1.82, 2.24) is 4.72 Å². The summed E-state index contributed by atoms with van der Waals surface area (Å²) in [5, 5.41) is 8.73. The summed E-state index contributed by atoms with van der Waals surface area (Å²) in [6, 6.07) is 10.4. The van der Waals surface area contributed by atoms with Gasteiger partial charge >= 0.3 is 0 Å². The molecule has 1 heterocycles. The summed E-state index contributed by atoms with van der Waals surface area (Å²) in [5.41, 5.74) is 0.843. The van der Waals surface area contributed by atoms with Gasteiger partial charge in [0.25, 0.3) is 0 Å². The van der Waals surface area contributed by atoms with Crippen LogP contribution in [0.15, 0.2) is 40.6 Å². The topological polar surface area (TPSA) is 70.0 Å². The molecule has 1 aromatic heterocycles. The number of nitrogens with zero attached hydrogens (tertiary/aromatic N) is 1. The number of sulfonamides is 1. The molecule has 2 rings (SSSR count). The SMILES string of the molecule is CC(Cc1ccc(F)cc1)NS(=O)(=O)c1ccc(C#N)s1. The fourth-order valence-corrected chi connectivity index (χ4v) is 4.23. The van der Waals surface area contributed by atoms with Crippen LogP contribution < -0.4 is 4.72 Å². The minimum atomic E-state index is -3.63. The Morgan fingerprint density at radius 2 is 1.95 bits per heavy atom.